The molecule has 0 saturated carbocycles. The molecule has 0 fully saturated rings. The lowest BCUT2D eigenvalue weighted by Gasteiger charge is -2.18. The summed E-state index contributed by atoms with van der Waals surface area (Å²) in [5, 5.41) is 0. The van der Waals surface area contributed by atoms with Gasteiger partial charge in [0.05, 0.1) is 0 Å². The van der Waals surface area contributed by atoms with Gasteiger partial charge in [-0.1, -0.05) is 219 Å². The summed E-state index contributed by atoms with van der Waals surface area (Å²) in [6.07, 6.45) is 71.8. The maximum atomic E-state index is 12.8. The molecule has 0 saturated heterocycles. The third-order valence-electron chi connectivity index (χ3n) is 10.5. The summed E-state index contributed by atoms with van der Waals surface area (Å²) < 4.78 is 16.7. The lowest BCUT2D eigenvalue weighted by Crippen LogP contribution is -2.30. The molecule has 0 spiro atoms. The number of esters is 3. The number of hydrogen-bond donors (Lipinski definition) is 0. The molecular weight excluding hydrogens is 805 g/mol. The molecule has 366 valence electrons. The molecule has 0 rings (SSSR count). The molecule has 0 aliphatic rings. The second-order valence-electron chi connectivity index (χ2n) is 16.8. The zero-order chi connectivity index (χ0) is 47.2. The Morgan fingerprint density at radius 1 is 0.338 bits per heavy atom. The predicted molar refractivity (Wildman–Crippen MR) is 279 cm³/mol. The van der Waals surface area contributed by atoms with E-state index in [1.54, 1.807) is 0 Å². The standard InChI is InChI=1S/C59H94O6/c1-4-7-10-13-16-19-22-25-27-29-31-32-34-37-40-43-46-49-52-58(61)64-55-56(54-63-57(60)51-48-45-42-39-36-24-21-18-15-12-9-6-3)65-59(62)53-50-47-44-41-38-35-33-30-28-26-23-20-17-14-11-8-5-2/h9-10,12-13,16,18-19,21-22,25-29,31-33,35,41,44,56H,4-8,11,14-15,17,20,23-24,30,34,36-40,42-43,45-55H2,1-3H3/b12-9-,13-10-,19-16-,21-18-,25-22-,28-26-,29-27-,32-31-,35-33-,44-41-. The van der Waals surface area contributed by atoms with E-state index < -0.39 is 6.10 Å². The van der Waals surface area contributed by atoms with E-state index in [-0.39, 0.29) is 37.5 Å². The average molecular weight is 899 g/mol. The molecule has 6 nitrogen and oxygen atoms in total. The van der Waals surface area contributed by atoms with Crippen molar-refractivity contribution < 1.29 is 28.6 Å². The monoisotopic (exact) mass is 899 g/mol. The van der Waals surface area contributed by atoms with Gasteiger partial charge in [0.25, 0.3) is 0 Å². The smallest absolute Gasteiger partial charge is 0.306 e. The average Bonchev–Trinajstić information content (AvgIpc) is 3.30. The molecule has 0 aliphatic carbocycles. The van der Waals surface area contributed by atoms with Gasteiger partial charge in [0.1, 0.15) is 13.2 Å². The quantitative estimate of drug-likeness (QED) is 0.0199. The first-order valence-electron chi connectivity index (χ1n) is 26.1. The molecule has 0 aromatic heterocycles. The van der Waals surface area contributed by atoms with Crippen LogP contribution in [-0.4, -0.2) is 37.2 Å². The van der Waals surface area contributed by atoms with Gasteiger partial charge in [-0.3, -0.25) is 14.4 Å². The Labute approximate surface area is 399 Å². The van der Waals surface area contributed by atoms with Crippen LogP contribution in [-0.2, 0) is 28.6 Å². The molecule has 1 unspecified atom stereocenters. The minimum atomic E-state index is -0.824. The Bertz CT molecular complexity index is 1400. The van der Waals surface area contributed by atoms with Gasteiger partial charge in [0, 0.05) is 19.3 Å². The molecule has 1 atom stereocenters. The van der Waals surface area contributed by atoms with E-state index in [4.69, 9.17) is 14.2 Å². The highest BCUT2D eigenvalue weighted by atomic mass is 16.6. The number of unbranched alkanes of at least 4 members (excludes halogenated alkanes) is 18. The van der Waals surface area contributed by atoms with Crippen LogP contribution in [0.25, 0.3) is 0 Å². The highest BCUT2D eigenvalue weighted by molar-refractivity contribution is 5.71. The number of ether oxygens (including phenoxy) is 3. The van der Waals surface area contributed by atoms with Crippen LogP contribution in [0.1, 0.15) is 213 Å². The van der Waals surface area contributed by atoms with Crippen LogP contribution in [0.5, 0.6) is 0 Å². The fourth-order valence-electron chi connectivity index (χ4n) is 6.64. The van der Waals surface area contributed by atoms with E-state index in [1.165, 1.54) is 51.4 Å². The molecule has 0 bridgehead atoms. The van der Waals surface area contributed by atoms with Gasteiger partial charge in [-0.25, -0.2) is 0 Å². The van der Waals surface area contributed by atoms with Crippen molar-refractivity contribution in [1.29, 1.82) is 0 Å². The Hall–Kier alpha value is -4.19. The van der Waals surface area contributed by atoms with E-state index in [9.17, 15) is 14.4 Å². The summed E-state index contributed by atoms with van der Waals surface area (Å²) in [7, 11) is 0. The van der Waals surface area contributed by atoms with Crippen LogP contribution in [0.4, 0.5) is 0 Å². The predicted octanol–water partition coefficient (Wildman–Crippen LogP) is 17.3. The maximum Gasteiger partial charge on any atom is 0.306 e. The molecule has 0 N–H and O–H groups in total. The Morgan fingerprint density at radius 2 is 0.708 bits per heavy atom. The molecule has 0 heterocycles. The Balaban J connectivity index is 4.55. The summed E-state index contributed by atoms with van der Waals surface area (Å²) in [6.45, 7) is 6.34. The van der Waals surface area contributed by atoms with Gasteiger partial charge in [0.15, 0.2) is 6.10 Å². The zero-order valence-corrected chi connectivity index (χ0v) is 41.7. The van der Waals surface area contributed by atoms with Crippen LogP contribution < -0.4 is 0 Å². The Kier molecular flexibility index (Phi) is 49.1. The maximum absolute atomic E-state index is 12.8. The highest BCUT2D eigenvalue weighted by Gasteiger charge is 2.19. The molecule has 0 aromatic rings. The summed E-state index contributed by atoms with van der Waals surface area (Å²) in [6, 6.07) is 0. The SMILES string of the molecule is CC/C=C\C/C=C\CCCCCCCC(=O)OCC(COC(=O)CCCCCCC\C=C/C=C\C=C/C=C\C=C/CCC)OC(=O)CCC/C=C\C/C=C\C/C=C\CCCCCCCC. The fraction of sp³-hybridized carbons (Fsp3) is 0.610. The van der Waals surface area contributed by atoms with E-state index >= 15 is 0 Å². The first kappa shape index (κ1) is 60.8. The van der Waals surface area contributed by atoms with Crippen molar-refractivity contribution in [2.24, 2.45) is 0 Å². The molecule has 0 amide bonds. The summed E-state index contributed by atoms with van der Waals surface area (Å²) in [5.41, 5.74) is 0. The van der Waals surface area contributed by atoms with Gasteiger partial charge in [0.2, 0.25) is 0 Å². The van der Waals surface area contributed by atoms with Crippen molar-refractivity contribution in [1.82, 2.24) is 0 Å². The van der Waals surface area contributed by atoms with Crippen molar-refractivity contribution >= 4 is 17.9 Å². The van der Waals surface area contributed by atoms with Crippen molar-refractivity contribution in [3.8, 4) is 0 Å². The van der Waals surface area contributed by atoms with Crippen LogP contribution in [0, 0.1) is 0 Å². The molecule has 0 radical (unpaired) electrons. The van der Waals surface area contributed by atoms with Crippen LogP contribution >= 0.6 is 0 Å². The minimum Gasteiger partial charge on any atom is -0.462 e. The second-order valence-corrected chi connectivity index (χ2v) is 16.8. The van der Waals surface area contributed by atoms with Gasteiger partial charge in [-0.05, 0) is 96.3 Å². The van der Waals surface area contributed by atoms with E-state index in [1.807, 2.05) is 36.5 Å². The van der Waals surface area contributed by atoms with Crippen LogP contribution in [0.2, 0.25) is 0 Å². The van der Waals surface area contributed by atoms with E-state index in [0.717, 1.165) is 116 Å². The van der Waals surface area contributed by atoms with Gasteiger partial charge in [-0.2, -0.15) is 0 Å². The Morgan fingerprint density at radius 3 is 1.18 bits per heavy atom. The number of allylic oxidation sites excluding steroid dienone is 20. The van der Waals surface area contributed by atoms with Crippen molar-refractivity contribution in [3.05, 3.63) is 122 Å². The molecular formula is C59H94O6. The number of rotatable bonds is 45. The van der Waals surface area contributed by atoms with Crippen molar-refractivity contribution in [2.75, 3.05) is 13.2 Å². The van der Waals surface area contributed by atoms with Crippen LogP contribution in [0.3, 0.4) is 0 Å². The summed E-state index contributed by atoms with van der Waals surface area (Å²) >= 11 is 0. The molecule has 65 heavy (non-hydrogen) atoms. The molecule has 0 aliphatic heterocycles. The lowest BCUT2D eigenvalue weighted by atomic mass is 10.1. The van der Waals surface area contributed by atoms with Gasteiger partial charge < -0.3 is 14.2 Å². The zero-order valence-electron chi connectivity index (χ0n) is 41.7. The van der Waals surface area contributed by atoms with Gasteiger partial charge >= 0.3 is 17.9 Å². The summed E-state index contributed by atoms with van der Waals surface area (Å²) in [4.78, 5) is 38.0. The number of carbonyl (C=O) groups excluding carboxylic acids is 3. The first-order valence-corrected chi connectivity index (χ1v) is 26.1. The van der Waals surface area contributed by atoms with Crippen molar-refractivity contribution in [2.45, 2.75) is 219 Å². The van der Waals surface area contributed by atoms with Gasteiger partial charge in [-0.15, -0.1) is 0 Å². The molecule has 6 heteroatoms. The second kappa shape index (κ2) is 52.4. The normalized spacial score (nSPS) is 13.1. The minimum absolute atomic E-state index is 0.118. The van der Waals surface area contributed by atoms with E-state index in [2.05, 4.69) is 106 Å². The number of carbonyl (C=O) groups is 3. The largest absolute Gasteiger partial charge is 0.462 e. The number of hydrogen-bond acceptors (Lipinski definition) is 6. The first-order chi connectivity index (χ1) is 32.0. The third-order valence-corrected chi connectivity index (χ3v) is 10.5. The van der Waals surface area contributed by atoms with E-state index in [0.29, 0.717) is 19.3 Å². The van der Waals surface area contributed by atoms with Crippen molar-refractivity contribution in [3.63, 3.8) is 0 Å². The topological polar surface area (TPSA) is 78.9 Å². The van der Waals surface area contributed by atoms with Crippen LogP contribution in [0.15, 0.2) is 122 Å². The third kappa shape index (κ3) is 50.7. The highest BCUT2D eigenvalue weighted by Crippen LogP contribution is 2.12. The molecule has 0 aromatic carbocycles. The fourth-order valence-corrected chi connectivity index (χ4v) is 6.64. The lowest BCUT2D eigenvalue weighted by molar-refractivity contribution is -0.167. The summed E-state index contributed by atoms with van der Waals surface area (Å²) in [5.74, 6) is -1.02.